The van der Waals surface area contributed by atoms with Crippen molar-refractivity contribution in [1.29, 1.82) is 0 Å². The van der Waals surface area contributed by atoms with Crippen LogP contribution in [0.1, 0.15) is 22.9 Å². The van der Waals surface area contributed by atoms with Gasteiger partial charge in [-0.2, -0.15) is 0 Å². The predicted molar refractivity (Wildman–Crippen MR) is 83.3 cm³/mol. The lowest BCUT2D eigenvalue weighted by Crippen LogP contribution is -2.17. The summed E-state index contributed by atoms with van der Waals surface area (Å²) >= 11 is 6.14. The van der Waals surface area contributed by atoms with Crippen LogP contribution in [0.4, 0.5) is 4.39 Å². The van der Waals surface area contributed by atoms with Gasteiger partial charge in [-0.15, -0.1) is 0 Å². The first kappa shape index (κ1) is 14.1. The highest BCUT2D eigenvalue weighted by Crippen LogP contribution is 2.32. The fourth-order valence-electron chi connectivity index (χ4n) is 2.45. The normalized spacial score (nSPS) is 12.8. The van der Waals surface area contributed by atoms with Crippen LogP contribution in [0.3, 0.4) is 0 Å². The van der Waals surface area contributed by atoms with E-state index in [-0.39, 0.29) is 11.9 Å². The summed E-state index contributed by atoms with van der Waals surface area (Å²) in [5, 5.41) is 4.67. The van der Waals surface area contributed by atoms with Crippen LogP contribution in [-0.2, 0) is 0 Å². The Kier molecular flexibility index (Phi) is 3.70. The first-order chi connectivity index (χ1) is 10.1. The second-order valence-electron chi connectivity index (χ2n) is 5.04. The van der Waals surface area contributed by atoms with Gasteiger partial charge in [0.15, 0.2) is 5.58 Å². The van der Waals surface area contributed by atoms with Crippen LogP contribution < -0.4 is 5.32 Å². The largest absolute Gasteiger partial charge is 0.457 e. The number of halogens is 2. The van der Waals surface area contributed by atoms with Gasteiger partial charge >= 0.3 is 0 Å². The van der Waals surface area contributed by atoms with Crippen molar-refractivity contribution in [2.75, 3.05) is 7.05 Å². The molecule has 2 aromatic carbocycles. The number of fused-ring (bicyclic) bond motifs is 1. The summed E-state index contributed by atoms with van der Waals surface area (Å²) in [5.74, 6) is 0.491. The Bertz CT molecular complexity index is 797. The topological polar surface area (TPSA) is 25.2 Å². The Hall–Kier alpha value is -1.84. The number of rotatable bonds is 3. The molecule has 0 aliphatic carbocycles. The molecule has 0 fully saturated rings. The molecule has 1 atom stereocenters. The molecule has 3 aromatic rings. The molecule has 0 aliphatic heterocycles. The van der Waals surface area contributed by atoms with E-state index in [1.165, 1.54) is 6.07 Å². The molecule has 3 rings (SSSR count). The average Bonchev–Trinajstić information content (AvgIpc) is 2.89. The highest BCUT2D eigenvalue weighted by molar-refractivity contribution is 6.34. The van der Waals surface area contributed by atoms with E-state index < -0.39 is 0 Å². The van der Waals surface area contributed by atoms with Crippen molar-refractivity contribution >= 4 is 22.6 Å². The minimum absolute atomic E-state index is 0.219. The maximum atomic E-state index is 13.8. The van der Waals surface area contributed by atoms with Crippen LogP contribution in [0.15, 0.2) is 46.9 Å². The molecule has 0 spiro atoms. The van der Waals surface area contributed by atoms with Gasteiger partial charge in [0.2, 0.25) is 0 Å². The van der Waals surface area contributed by atoms with Gasteiger partial charge in [0.05, 0.1) is 11.1 Å². The van der Waals surface area contributed by atoms with Crippen molar-refractivity contribution in [2.45, 2.75) is 13.0 Å². The maximum Gasteiger partial charge on any atom is 0.152 e. The van der Waals surface area contributed by atoms with E-state index in [9.17, 15) is 4.39 Å². The zero-order valence-electron chi connectivity index (χ0n) is 11.8. The fourth-order valence-corrected chi connectivity index (χ4v) is 2.67. The number of hydrogen-bond donors (Lipinski definition) is 1. The number of para-hydroxylation sites is 1. The summed E-state index contributed by atoms with van der Waals surface area (Å²) in [5.41, 5.74) is 2.10. The summed E-state index contributed by atoms with van der Waals surface area (Å²) in [7, 11) is 1.82. The molecule has 0 radical (unpaired) electrons. The third-order valence-electron chi connectivity index (χ3n) is 3.62. The zero-order chi connectivity index (χ0) is 15.0. The van der Waals surface area contributed by atoms with Crippen molar-refractivity contribution in [3.8, 4) is 0 Å². The lowest BCUT2D eigenvalue weighted by molar-refractivity contribution is 0.489. The Balaban J connectivity index is 2.09. The molecule has 0 bridgehead atoms. The molecule has 1 N–H and O–H groups in total. The van der Waals surface area contributed by atoms with Gasteiger partial charge in [0, 0.05) is 5.39 Å². The third kappa shape index (κ3) is 2.55. The molecule has 21 heavy (non-hydrogen) atoms. The standard InChI is InChI=1S/C17H15ClFNO/c1-10-6-7-11(8-14(10)19)16(20-2)15-9-12-4-3-5-13(18)17(12)21-15/h3-9,16,20H,1-2H3. The second kappa shape index (κ2) is 5.51. The summed E-state index contributed by atoms with van der Waals surface area (Å²) in [6.45, 7) is 1.74. The molecule has 1 unspecified atom stereocenters. The van der Waals surface area contributed by atoms with Crippen LogP contribution in [0.5, 0.6) is 0 Å². The molecule has 0 amide bonds. The molecule has 0 saturated heterocycles. The minimum atomic E-state index is -0.220. The van der Waals surface area contributed by atoms with E-state index in [0.717, 1.165) is 10.9 Å². The number of hydrogen-bond acceptors (Lipinski definition) is 2. The first-order valence-corrected chi connectivity index (χ1v) is 7.09. The number of aryl methyl sites for hydroxylation is 1. The van der Waals surface area contributed by atoms with E-state index in [0.29, 0.717) is 21.9 Å². The number of nitrogens with one attached hydrogen (secondary N) is 1. The molecule has 1 heterocycles. The van der Waals surface area contributed by atoms with Crippen molar-refractivity contribution in [1.82, 2.24) is 5.32 Å². The zero-order valence-corrected chi connectivity index (χ0v) is 12.5. The summed E-state index contributed by atoms with van der Waals surface area (Å²) < 4.78 is 19.6. The van der Waals surface area contributed by atoms with Gasteiger partial charge in [0.1, 0.15) is 11.6 Å². The summed E-state index contributed by atoms with van der Waals surface area (Å²) in [4.78, 5) is 0. The molecule has 108 valence electrons. The summed E-state index contributed by atoms with van der Waals surface area (Å²) in [6.07, 6.45) is 0. The van der Waals surface area contributed by atoms with Gasteiger partial charge in [-0.05, 0) is 43.3 Å². The average molecular weight is 304 g/mol. The molecule has 2 nitrogen and oxygen atoms in total. The Labute approximate surface area is 127 Å². The third-order valence-corrected chi connectivity index (χ3v) is 3.92. The van der Waals surface area contributed by atoms with E-state index in [2.05, 4.69) is 5.32 Å². The monoisotopic (exact) mass is 303 g/mol. The van der Waals surface area contributed by atoms with Crippen molar-refractivity contribution < 1.29 is 8.81 Å². The Morgan fingerprint density at radius 1 is 1.19 bits per heavy atom. The van der Waals surface area contributed by atoms with Gasteiger partial charge in [-0.3, -0.25) is 0 Å². The minimum Gasteiger partial charge on any atom is -0.457 e. The van der Waals surface area contributed by atoms with Gasteiger partial charge in [0.25, 0.3) is 0 Å². The van der Waals surface area contributed by atoms with E-state index in [4.69, 9.17) is 16.0 Å². The van der Waals surface area contributed by atoms with E-state index in [1.54, 1.807) is 19.1 Å². The first-order valence-electron chi connectivity index (χ1n) is 6.71. The molecule has 1 aromatic heterocycles. The Morgan fingerprint density at radius 3 is 2.67 bits per heavy atom. The van der Waals surface area contributed by atoms with Crippen molar-refractivity contribution in [2.24, 2.45) is 0 Å². The molecular weight excluding hydrogens is 289 g/mol. The molecule has 4 heteroatoms. The van der Waals surface area contributed by atoms with E-state index >= 15 is 0 Å². The molecule has 0 aliphatic rings. The maximum absolute atomic E-state index is 13.8. The SMILES string of the molecule is CNC(c1ccc(C)c(F)c1)c1cc2cccc(Cl)c2o1. The quantitative estimate of drug-likeness (QED) is 0.749. The van der Waals surface area contributed by atoms with Gasteiger partial charge in [-0.25, -0.2) is 4.39 Å². The van der Waals surface area contributed by atoms with Crippen LogP contribution in [0.2, 0.25) is 5.02 Å². The van der Waals surface area contributed by atoms with Crippen molar-refractivity contribution in [3.05, 3.63) is 70.2 Å². The lowest BCUT2D eigenvalue weighted by atomic mass is 10.0. The van der Waals surface area contributed by atoms with Gasteiger partial charge in [-0.1, -0.05) is 35.9 Å². The smallest absolute Gasteiger partial charge is 0.152 e. The van der Waals surface area contributed by atoms with Crippen molar-refractivity contribution in [3.63, 3.8) is 0 Å². The van der Waals surface area contributed by atoms with E-state index in [1.807, 2.05) is 31.3 Å². The molecular formula is C17H15ClFNO. The van der Waals surface area contributed by atoms with Crippen LogP contribution in [0, 0.1) is 12.7 Å². The molecule has 0 saturated carbocycles. The Morgan fingerprint density at radius 2 is 2.00 bits per heavy atom. The predicted octanol–water partition coefficient (Wildman–Crippen LogP) is 4.84. The van der Waals surface area contributed by atoms with Gasteiger partial charge < -0.3 is 9.73 Å². The number of furan rings is 1. The second-order valence-corrected chi connectivity index (χ2v) is 5.44. The van der Waals surface area contributed by atoms with Crippen LogP contribution in [-0.4, -0.2) is 7.05 Å². The highest BCUT2D eigenvalue weighted by Gasteiger charge is 2.18. The highest BCUT2D eigenvalue weighted by atomic mass is 35.5. The number of benzene rings is 2. The van der Waals surface area contributed by atoms with Crippen LogP contribution in [0.25, 0.3) is 11.0 Å². The van der Waals surface area contributed by atoms with Crippen LogP contribution >= 0.6 is 11.6 Å². The summed E-state index contributed by atoms with van der Waals surface area (Å²) in [6, 6.07) is 12.5. The fraction of sp³-hybridized carbons (Fsp3) is 0.176. The lowest BCUT2D eigenvalue weighted by Gasteiger charge is -2.14.